The predicted octanol–water partition coefficient (Wildman–Crippen LogP) is 2.96. The summed E-state index contributed by atoms with van der Waals surface area (Å²) in [6.07, 6.45) is 0. The molecule has 7 heteroatoms. The van der Waals surface area contributed by atoms with Crippen molar-refractivity contribution in [2.45, 2.75) is 27.4 Å². The van der Waals surface area contributed by atoms with Crippen molar-refractivity contribution in [2.24, 2.45) is 5.92 Å². The summed E-state index contributed by atoms with van der Waals surface area (Å²) in [5.74, 6) is 0.138. The number of thiazole rings is 1. The number of nitrogens with one attached hydrogen (secondary N) is 1. The third-order valence-corrected chi connectivity index (χ3v) is 4.01. The van der Waals surface area contributed by atoms with Gasteiger partial charge in [-0.25, -0.2) is 9.78 Å². The maximum absolute atomic E-state index is 11.9. The van der Waals surface area contributed by atoms with Gasteiger partial charge in [-0.05, 0) is 37.1 Å². The van der Waals surface area contributed by atoms with Gasteiger partial charge < -0.3 is 14.8 Å². The van der Waals surface area contributed by atoms with Crippen molar-refractivity contribution < 1.29 is 19.1 Å². The van der Waals surface area contributed by atoms with Crippen LogP contribution in [0, 0.1) is 12.8 Å². The third kappa shape index (κ3) is 6.54. The molecule has 0 unspecified atom stereocenters. The van der Waals surface area contributed by atoms with Crippen LogP contribution in [-0.4, -0.2) is 30.0 Å². The van der Waals surface area contributed by atoms with Crippen LogP contribution in [0.15, 0.2) is 29.6 Å². The maximum Gasteiger partial charge on any atom is 0.338 e. The summed E-state index contributed by atoms with van der Waals surface area (Å²) in [5.41, 5.74) is 1.24. The minimum Gasteiger partial charge on any atom is -0.487 e. The molecule has 0 radical (unpaired) electrons. The first-order valence-corrected chi connectivity index (χ1v) is 8.89. The highest BCUT2D eigenvalue weighted by Gasteiger charge is 2.10. The van der Waals surface area contributed by atoms with E-state index >= 15 is 0 Å². The van der Waals surface area contributed by atoms with Crippen molar-refractivity contribution in [1.29, 1.82) is 0 Å². The summed E-state index contributed by atoms with van der Waals surface area (Å²) in [4.78, 5) is 27.8. The van der Waals surface area contributed by atoms with Crippen molar-refractivity contribution in [3.05, 3.63) is 45.9 Å². The Bertz CT molecular complexity index is 710. The van der Waals surface area contributed by atoms with Crippen molar-refractivity contribution in [3.8, 4) is 5.75 Å². The molecule has 0 spiro atoms. The second kappa shape index (κ2) is 9.17. The predicted molar refractivity (Wildman–Crippen MR) is 95.8 cm³/mol. The Hall–Kier alpha value is -2.41. The van der Waals surface area contributed by atoms with E-state index in [2.05, 4.69) is 10.3 Å². The molecule has 0 saturated carbocycles. The van der Waals surface area contributed by atoms with Gasteiger partial charge in [-0.2, -0.15) is 0 Å². The van der Waals surface area contributed by atoms with Crippen LogP contribution >= 0.6 is 11.3 Å². The highest BCUT2D eigenvalue weighted by Crippen LogP contribution is 2.16. The Morgan fingerprint density at radius 1 is 1.24 bits per heavy atom. The topological polar surface area (TPSA) is 77.5 Å². The lowest BCUT2D eigenvalue weighted by molar-refractivity contribution is -0.124. The van der Waals surface area contributed by atoms with E-state index < -0.39 is 5.97 Å². The van der Waals surface area contributed by atoms with Crippen LogP contribution in [0.5, 0.6) is 5.75 Å². The minimum atomic E-state index is -0.540. The van der Waals surface area contributed by atoms with Gasteiger partial charge in [0, 0.05) is 11.9 Å². The maximum atomic E-state index is 11.9. The molecule has 0 aliphatic heterocycles. The fourth-order valence-corrected chi connectivity index (χ4v) is 2.50. The molecule has 0 saturated heterocycles. The quantitative estimate of drug-likeness (QED) is 0.731. The summed E-state index contributed by atoms with van der Waals surface area (Å²) in [6, 6.07) is 6.59. The number of nitrogens with zero attached hydrogens (tertiary/aromatic N) is 1. The summed E-state index contributed by atoms with van der Waals surface area (Å²) >= 11 is 1.57. The Morgan fingerprint density at radius 3 is 2.56 bits per heavy atom. The van der Waals surface area contributed by atoms with E-state index in [-0.39, 0.29) is 12.5 Å². The van der Waals surface area contributed by atoms with Gasteiger partial charge in [0.15, 0.2) is 6.61 Å². The molecule has 0 aliphatic carbocycles. The van der Waals surface area contributed by atoms with Crippen LogP contribution in [0.3, 0.4) is 0 Å². The van der Waals surface area contributed by atoms with Crippen LogP contribution in [-0.2, 0) is 16.1 Å². The van der Waals surface area contributed by atoms with Crippen LogP contribution < -0.4 is 10.1 Å². The van der Waals surface area contributed by atoms with E-state index in [1.807, 2.05) is 26.2 Å². The average Bonchev–Trinajstić information content (AvgIpc) is 3.01. The molecular formula is C18H22N2O4S. The SMILES string of the molecule is Cc1nc(COc2ccc(C(=O)OCC(=O)NCC(C)C)cc2)cs1. The zero-order valence-electron chi connectivity index (χ0n) is 14.6. The van der Waals surface area contributed by atoms with E-state index in [9.17, 15) is 9.59 Å². The number of aryl methyl sites for hydroxylation is 1. The standard InChI is InChI=1S/C18H22N2O4S/c1-12(2)8-19-17(21)10-24-18(22)14-4-6-16(7-5-14)23-9-15-11-25-13(3)20-15/h4-7,11-12H,8-10H2,1-3H3,(H,19,21). The van der Waals surface area contributed by atoms with Crippen molar-refractivity contribution in [3.63, 3.8) is 0 Å². The largest absolute Gasteiger partial charge is 0.487 e. The van der Waals surface area contributed by atoms with Crippen LogP contribution in [0.25, 0.3) is 0 Å². The lowest BCUT2D eigenvalue weighted by Crippen LogP contribution is -2.31. The van der Waals surface area contributed by atoms with Crippen molar-refractivity contribution in [1.82, 2.24) is 10.3 Å². The lowest BCUT2D eigenvalue weighted by Gasteiger charge is -2.09. The number of carbonyl (C=O) groups is 2. The van der Waals surface area contributed by atoms with Gasteiger partial charge >= 0.3 is 5.97 Å². The number of amides is 1. The second-order valence-corrected chi connectivity index (χ2v) is 7.01. The fourth-order valence-electron chi connectivity index (χ4n) is 1.90. The highest BCUT2D eigenvalue weighted by atomic mass is 32.1. The molecule has 0 atom stereocenters. The van der Waals surface area contributed by atoms with Gasteiger partial charge in [0.1, 0.15) is 12.4 Å². The Morgan fingerprint density at radius 2 is 1.96 bits per heavy atom. The Kier molecular flexibility index (Phi) is 6.94. The summed E-state index contributed by atoms with van der Waals surface area (Å²) < 4.78 is 10.6. The van der Waals surface area contributed by atoms with Gasteiger partial charge in [-0.3, -0.25) is 4.79 Å². The molecule has 1 aromatic carbocycles. The van der Waals surface area contributed by atoms with Crippen molar-refractivity contribution in [2.75, 3.05) is 13.2 Å². The first-order valence-electron chi connectivity index (χ1n) is 8.01. The van der Waals surface area contributed by atoms with E-state index in [4.69, 9.17) is 9.47 Å². The second-order valence-electron chi connectivity index (χ2n) is 5.94. The number of aromatic nitrogens is 1. The van der Waals surface area contributed by atoms with E-state index in [1.165, 1.54) is 0 Å². The van der Waals surface area contributed by atoms with Gasteiger partial charge in [0.2, 0.25) is 0 Å². The fraction of sp³-hybridized carbons (Fsp3) is 0.389. The molecular weight excluding hydrogens is 340 g/mol. The molecule has 0 aliphatic rings. The smallest absolute Gasteiger partial charge is 0.338 e. The van der Waals surface area contributed by atoms with Gasteiger partial charge in [-0.1, -0.05) is 13.8 Å². The molecule has 134 valence electrons. The van der Waals surface area contributed by atoms with Gasteiger partial charge in [-0.15, -0.1) is 11.3 Å². The molecule has 1 aromatic heterocycles. The van der Waals surface area contributed by atoms with E-state index in [0.717, 1.165) is 10.7 Å². The molecule has 25 heavy (non-hydrogen) atoms. The molecule has 2 aromatic rings. The van der Waals surface area contributed by atoms with E-state index in [0.29, 0.717) is 30.4 Å². The Balaban J connectivity index is 1.78. The van der Waals surface area contributed by atoms with Gasteiger partial charge in [0.05, 0.1) is 16.3 Å². The zero-order valence-corrected chi connectivity index (χ0v) is 15.4. The molecule has 2 rings (SSSR count). The number of carbonyl (C=O) groups excluding carboxylic acids is 2. The summed E-state index contributed by atoms with van der Waals surface area (Å²) in [5, 5.41) is 5.64. The molecule has 0 fully saturated rings. The summed E-state index contributed by atoms with van der Waals surface area (Å²) in [7, 11) is 0. The zero-order chi connectivity index (χ0) is 18.2. The number of hydrogen-bond acceptors (Lipinski definition) is 6. The highest BCUT2D eigenvalue weighted by molar-refractivity contribution is 7.09. The lowest BCUT2D eigenvalue weighted by atomic mass is 10.2. The number of ether oxygens (including phenoxy) is 2. The van der Waals surface area contributed by atoms with Crippen molar-refractivity contribution >= 4 is 23.2 Å². The first-order chi connectivity index (χ1) is 11.9. The monoisotopic (exact) mass is 362 g/mol. The summed E-state index contributed by atoms with van der Waals surface area (Å²) in [6.45, 7) is 6.58. The number of benzene rings is 1. The molecule has 0 bridgehead atoms. The first kappa shape index (κ1) is 18.9. The van der Waals surface area contributed by atoms with Crippen LogP contribution in [0.1, 0.15) is 34.9 Å². The molecule has 1 N–H and O–H groups in total. The number of hydrogen-bond donors (Lipinski definition) is 1. The molecule has 1 amide bonds. The normalized spacial score (nSPS) is 10.6. The minimum absolute atomic E-state index is 0.285. The third-order valence-electron chi connectivity index (χ3n) is 3.19. The number of rotatable bonds is 8. The Labute approximate surface area is 151 Å². The number of esters is 1. The molecule has 6 nitrogen and oxygen atoms in total. The van der Waals surface area contributed by atoms with Gasteiger partial charge in [0.25, 0.3) is 5.91 Å². The average molecular weight is 362 g/mol. The van der Waals surface area contributed by atoms with E-state index in [1.54, 1.807) is 35.6 Å². The molecule has 1 heterocycles. The van der Waals surface area contributed by atoms with Crippen LogP contribution in [0.2, 0.25) is 0 Å². The van der Waals surface area contributed by atoms with Crippen LogP contribution in [0.4, 0.5) is 0 Å².